The summed E-state index contributed by atoms with van der Waals surface area (Å²) < 4.78 is 1.78. The van der Waals surface area contributed by atoms with Crippen LogP contribution in [0.4, 0.5) is 0 Å². The number of hydrogen-bond acceptors (Lipinski definition) is 2. The molecule has 0 aliphatic rings. The van der Waals surface area contributed by atoms with E-state index in [0.29, 0.717) is 0 Å². The second-order valence-electron chi connectivity index (χ2n) is 2.66. The van der Waals surface area contributed by atoms with Crippen LogP contribution in [0.1, 0.15) is 25.6 Å². The van der Waals surface area contributed by atoms with E-state index in [9.17, 15) is 0 Å². The lowest BCUT2D eigenvalue weighted by atomic mass is 10.4. The molecule has 0 saturated heterocycles. The van der Waals surface area contributed by atoms with E-state index in [-0.39, 0.29) is 12.1 Å². The maximum absolute atomic E-state index is 9.15. The van der Waals surface area contributed by atoms with Gasteiger partial charge >= 0.3 is 0 Å². The molecule has 0 atom stereocenters. The molecule has 0 amide bonds. The molecule has 56 valence electrons. The highest BCUT2D eigenvalue weighted by Crippen LogP contribution is 2.16. The van der Waals surface area contributed by atoms with Crippen molar-refractivity contribution in [2.75, 3.05) is 0 Å². The average Bonchev–Trinajstić information content (AvgIpc) is 2.11. The van der Waals surface area contributed by atoms with Crippen LogP contribution in [0.3, 0.4) is 0 Å². The second kappa shape index (κ2) is 2.33. The smallest absolute Gasteiger partial charge is 0.294 e. The van der Waals surface area contributed by atoms with Crippen molar-refractivity contribution >= 4 is 0 Å². The van der Waals surface area contributed by atoms with Gasteiger partial charge in [-0.2, -0.15) is 0 Å². The standard InChI is InChI=1S/C7H12N2O/c1-5(2)9-6(3)4-8-7(9)10/h4-5H,1-3H3,(H,8,10). The molecule has 1 heterocycles. The molecule has 0 radical (unpaired) electrons. The fraction of sp³-hybridized carbons (Fsp3) is 0.571. The molecule has 0 bridgehead atoms. The van der Waals surface area contributed by atoms with Crippen LogP contribution >= 0.6 is 0 Å². The van der Waals surface area contributed by atoms with Crippen LogP contribution in [0.15, 0.2) is 6.20 Å². The zero-order valence-corrected chi connectivity index (χ0v) is 6.50. The zero-order chi connectivity index (χ0) is 7.72. The molecule has 10 heavy (non-hydrogen) atoms. The summed E-state index contributed by atoms with van der Waals surface area (Å²) in [6.07, 6.45) is 1.66. The van der Waals surface area contributed by atoms with Crippen molar-refractivity contribution in [3.63, 3.8) is 0 Å². The van der Waals surface area contributed by atoms with Crippen LogP contribution in [0.2, 0.25) is 0 Å². The molecule has 0 fully saturated rings. The van der Waals surface area contributed by atoms with Crippen LogP contribution in [-0.2, 0) is 0 Å². The maximum Gasteiger partial charge on any atom is 0.294 e. The number of aromatic nitrogens is 2. The predicted octanol–water partition coefficient (Wildman–Crippen LogP) is 1.48. The molecule has 0 spiro atoms. The molecule has 0 unspecified atom stereocenters. The molecule has 1 aromatic heterocycles. The minimum Gasteiger partial charge on any atom is -0.480 e. The zero-order valence-electron chi connectivity index (χ0n) is 6.50. The first-order valence-corrected chi connectivity index (χ1v) is 3.35. The molecule has 0 aromatic carbocycles. The van der Waals surface area contributed by atoms with E-state index in [2.05, 4.69) is 4.98 Å². The Balaban J connectivity index is 3.10. The quantitative estimate of drug-likeness (QED) is 0.641. The SMILES string of the molecule is Cc1cnc(O)n1C(C)C. The van der Waals surface area contributed by atoms with E-state index < -0.39 is 0 Å². The lowest BCUT2D eigenvalue weighted by Gasteiger charge is -2.09. The summed E-state index contributed by atoms with van der Waals surface area (Å²) in [6.45, 7) is 5.94. The molecule has 1 aromatic rings. The Labute approximate surface area is 60.3 Å². The third-order valence-corrected chi connectivity index (χ3v) is 1.48. The number of nitrogens with zero attached hydrogens (tertiary/aromatic N) is 2. The molecule has 1 N–H and O–H groups in total. The van der Waals surface area contributed by atoms with Crippen molar-refractivity contribution in [1.82, 2.24) is 9.55 Å². The van der Waals surface area contributed by atoms with E-state index in [1.165, 1.54) is 0 Å². The molecule has 0 aliphatic carbocycles. The highest BCUT2D eigenvalue weighted by atomic mass is 16.3. The molecular weight excluding hydrogens is 128 g/mol. The van der Waals surface area contributed by atoms with Crippen LogP contribution in [0, 0.1) is 6.92 Å². The first-order valence-electron chi connectivity index (χ1n) is 3.35. The Morgan fingerprint density at radius 3 is 2.40 bits per heavy atom. The van der Waals surface area contributed by atoms with Crippen molar-refractivity contribution < 1.29 is 5.11 Å². The number of imidazole rings is 1. The van der Waals surface area contributed by atoms with E-state index >= 15 is 0 Å². The summed E-state index contributed by atoms with van der Waals surface area (Å²) in [4.78, 5) is 3.76. The van der Waals surface area contributed by atoms with Gasteiger partial charge in [0.2, 0.25) is 0 Å². The molecule has 1 rings (SSSR count). The maximum atomic E-state index is 9.15. The minimum atomic E-state index is 0.104. The fourth-order valence-corrected chi connectivity index (χ4v) is 1.07. The molecule has 3 heteroatoms. The van der Waals surface area contributed by atoms with Gasteiger partial charge in [-0.3, -0.25) is 4.57 Å². The summed E-state index contributed by atoms with van der Waals surface area (Å²) in [5.41, 5.74) is 0.993. The van der Waals surface area contributed by atoms with Crippen molar-refractivity contribution in [2.45, 2.75) is 26.8 Å². The normalized spacial score (nSPS) is 10.8. The minimum absolute atomic E-state index is 0.104. The van der Waals surface area contributed by atoms with Gasteiger partial charge in [-0.15, -0.1) is 0 Å². The van der Waals surface area contributed by atoms with Crippen LogP contribution in [0.5, 0.6) is 6.01 Å². The van der Waals surface area contributed by atoms with Gasteiger partial charge in [0, 0.05) is 11.7 Å². The van der Waals surface area contributed by atoms with E-state index in [1.807, 2.05) is 20.8 Å². The molecule has 0 aliphatic heterocycles. The Kier molecular flexibility index (Phi) is 1.66. The second-order valence-corrected chi connectivity index (χ2v) is 2.66. The fourth-order valence-electron chi connectivity index (χ4n) is 1.07. The van der Waals surface area contributed by atoms with Crippen LogP contribution in [-0.4, -0.2) is 14.7 Å². The topological polar surface area (TPSA) is 38.1 Å². The highest BCUT2D eigenvalue weighted by Gasteiger charge is 2.06. The number of aryl methyl sites for hydroxylation is 1. The number of hydrogen-bond donors (Lipinski definition) is 1. The summed E-state index contributed by atoms with van der Waals surface area (Å²) in [6, 6.07) is 0.384. The summed E-state index contributed by atoms with van der Waals surface area (Å²) in [5.74, 6) is 0. The summed E-state index contributed by atoms with van der Waals surface area (Å²) in [5, 5.41) is 9.15. The van der Waals surface area contributed by atoms with Gasteiger partial charge in [-0.1, -0.05) is 0 Å². The van der Waals surface area contributed by atoms with Gasteiger partial charge in [0.15, 0.2) is 0 Å². The van der Waals surface area contributed by atoms with Crippen LogP contribution < -0.4 is 0 Å². The van der Waals surface area contributed by atoms with Gasteiger partial charge in [-0.25, -0.2) is 4.98 Å². The third-order valence-electron chi connectivity index (χ3n) is 1.48. The van der Waals surface area contributed by atoms with Gasteiger partial charge in [-0.05, 0) is 20.8 Å². The van der Waals surface area contributed by atoms with Crippen LogP contribution in [0.25, 0.3) is 0 Å². The highest BCUT2D eigenvalue weighted by molar-refractivity contribution is 5.07. The lowest BCUT2D eigenvalue weighted by Crippen LogP contribution is -2.01. The summed E-state index contributed by atoms with van der Waals surface area (Å²) >= 11 is 0. The predicted molar refractivity (Wildman–Crippen MR) is 39.0 cm³/mol. The van der Waals surface area contributed by atoms with Gasteiger partial charge < -0.3 is 5.11 Å². The molecule has 3 nitrogen and oxygen atoms in total. The van der Waals surface area contributed by atoms with Crippen molar-refractivity contribution in [2.24, 2.45) is 0 Å². The monoisotopic (exact) mass is 140 g/mol. The largest absolute Gasteiger partial charge is 0.480 e. The number of aromatic hydroxyl groups is 1. The molecular formula is C7H12N2O. The Morgan fingerprint density at radius 2 is 2.20 bits per heavy atom. The van der Waals surface area contributed by atoms with Gasteiger partial charge in [0.05, 0.1) is 6.20 Å². The van der Waals surface area contributed by atoms with E-state index in [4.69, 9.17) is 5.11 Å². The molecule has 0 saturated carbocycles. The third kappa shape index (κ3) is 0.988. The van der Waals surface area contributed by atoms with E-state index in [1.54, 1.807) is 10.8 Å². The van der Waals surface area contributed by atoms with E-state index in [0.717, 1.165) is 5.69 Å². The summed E-state index contributed by atoms with van der Waals surface area (Å²) in [7, 11) is 0. The first-order chi connectivity index (χ1) is 4.63. The van der Waals surface area contributed by atoms with Crippen molar-refractivity contribution in [3.8, 4) is 6.01 Å². The van der Waals surface area contributed by atoms with Gasteiger partial charge in [0.25, 0.3) is 6.01 Å². The van der Waals surface area contributed by atoms with Crippen molar-refractivity contribution in [3.05, 3.63) is 11.9 Å². The first kappa shape index (κ1) is 7.12. The van der Waals surface area contributed by atoms with Crippen molar-refractivity contribution in [1.29, 1.82) is 0 Å². The Bertz CT molecular complexity index is 208. The lowest BCUT2D eigenvalue weighted by molar-refractivity contribution is 0.380. The van der Waals surface area contributed by atoms with Gasteiger partial charge in [0.1, 0.15) is 0 Å². The Hall–Kier alpha value is -0.990. The number of rotatable bonds is 1. The Morgan fingerprint density at radius 1 is 1.60 bits per heavy atom. The average molecular weight is 140 g/mol.